The maximum atomic E-state index is 5.93. The lowest BCUT2D eigenvalue weighted by Gasteiger charge is -2.30. The Hall–Kier alpha value is -0.140. The molecule has 0 aliphatic heterocycles. The Labute approximate surface area is 134 Å². The quantitative estimate of drug-likeness (QED) is 0.789. The van der Waals surface area contributed by atoms with Crippen LogP contribution in [0.4, 0.5) is 0 Å². The van der Waals surface area contributed by atoms with Crippen molar-refractivity contribution in [3.8, 4) is 0 Å². The zero-order valence-electron chi connectivity index (χ0n) is 10.8. The van der Waals surface area contributed by atoms with E-state index in [9.17, 15) is 0 Å². The van der Waals surface area contributed by atoms with Gasteiger partial charge in [-0.25, -0.2) is 0 Å². The summed E-state index contributed by atoms with van der Waals surface area (Å²) in [5.41, 5.74) is 5.93. The number of hydrogen-bond donors (Lipinski definition) is 1. The standard InChI is InChI=1S/C13H16Br2N2OS/c1-8(12-4-3-5-19-12)17(2)10(7-16)11-6-9(14)13(15)18-11/h3-6,8,10H,7,16H2,1-2H3. The molecule has 0 amide bonds. The zero-order chi connectivity index (χ0) is 14.0. The number of likely N-dealkylation sites (N-methyl/N-ethyl adjacent to an activating group) is 1. The van der Waals surface area contributed by atoms with Gasteiger partial charge in [-0.3, -0.25) is 4.90 Å². The van der Waals surface area contributed by atoms with Crippen LogP contribution in [0.1, 0.15) is 29.6 Å². The highest BCUT2D eigenvalue weighted by Crippen LogP contribution is 2.35. The Balaban J connectivity index is 2.21. The van der Waals surface area contributed by atoms with E-state index >= 15 is 0 Å². The molecule has 0 bridgehead atoms. The summed E-state index contributed by atoms with van der Waals surface area (Å²) in [6.45, 7) is 2.69. The first kappa shape index (κ1) is 15.3. The average molecular weight is 408 g/mol. The van der Waals surface area contributed by atoms with Gasteiger partial charge in [0.1, 0.15) is 5.76 Å². The maximum Gasteiger partial charge on any atom is 0.183 e. The van der Waals surface area contributed by atoms with Crippen molar-refractivity contribution in [1.29, 1.82) is 0 Å². The summed E-state index contributed by atoms with van der Waals surface area (Å²) in [6, 6.07) is 6.55. The molecular formula is C13H16Br2N2OS. The number of halogens is 2. The summed E-state index contributed by atoms with van der Waals surface area (Å²) >= 11 is 8.57. The lowest BCUT2D eigenvalue weighted by atomic mass is 10.1. The molecule has 2 N–H and O–H groups in total. The third-order valence-electron chi connectivity index (χ3n) is 3.27. The molecule has 0 saturated carbocycles. The first-order chi connectivity index (χ1) is 9.04. The fourth-order valence-electron chi connectivity index (χ4n) is 2.01. The van der Waals surface area contributed by atoms with E-state index in [1.165, 1.54) is 4.88 Å². The van der Waals surface area contributed by atoms with Gasteiger partial charge in [0.05, 0.1) is 10.5 Å². The van der Waals surface area contributed by atoms with Crippen molar-refractivity contribution in [3.63, 3.8) is 0 Å². The minimum atomic E-state index is 0.0553. The minimum Gasteiger partial charge on any atom is -0.451 e. The summed E-state index contributed by atoms with van der Waals surface area (Å²) in [6.07, 6.45) is 0. The molecule has 0 aliphatic carbocycles. The molecule has 2 unspecified atom stereocenters. The van der Waals surface area contributed by atoms with E-state index in [4.69, 9.17) is 10.2 Å². The van der Waals surface area contributed by atoms with Gasteiger partial charge in [-0.1, -0.05) is 6.07 Å². The fourth-order valence-corrected chi connectivity index (χ4v) is 3.45. The second-order valence-electron chi connectivity index (χ2n) is 4.38. The minimum absolute atomic E-state index is 0.0553. The van der Waals surface area contributed by atoms with Gasteiger partial charge in [0.2, 0.25) is 0 Å². The monoisotopic (exact) mass is 406 g/mol. The van der Waals surface area contributed by atoms with Gasteiger partial charge < -0.3 is 10.2 Å². The van der Waals surface area contributed by atoms with Gasteiger partial charge in [-0.2, -0.15) is 0 Å². The van der Waals surface area contributed by atoms with Gasteiger partial charge in [0.25, 0.3) is 0 Å². The van der Waals surface area contributed by atoms with Crippen LogP contribution in [0.3, 0.4) is 0 Å². The summed E-state index contributed by atoms with van der Waals surface area (Å²) in [5, 5.41) is 2.09. The second kappa shape index (κ2) is 6.54. The van der Waals surface area contributed by atoms with Crippen molar-refractivity contribution in [2.24, 2.45) is 5.73 Å². The van der Waals surface area contributed by atoms with Gasteiger partial charge in [-0.05, 0) is 63.3 Å². The van der Waals surface area contributed by atoms with Crippen LogP contribution in [0.25, 0.3) is 0 Å². The molecule has 0 radical (unpaired) electrons. The lowest BCUT2D eigenvalue weighted by Crippen LogP contribution is -2.32. The van der Waals surface area contributed by atoms with Gasteiger partial charge >= 0.3 is 0 Å². The van der Waals surface area contributed by atoms with E-state index in [1.807, 2.05) is 6.07 Å². The van der Waals surface area contributed by atoms with Crippen LogP contribution in [0.15, 0.2) is 37.1 Å². The predicted octanol–water partition coefficient (Wildman–Crippen LogP) is 4.56. The molecule has 2 aromatic rings. The SMILES string of the molecule is CC(c1cccs1)N(C)C(CN)c1cc(Br)c(Br)o1. The average Bonchev–Trinajstić information content (AvgIpc) is 3.01. The Kier molecular flexibility index (Phi) is 5.25. The molecule has 0 spiro atoms. The van der Waals surface area contributed by atoms with Crippen molar-refractivity contribution in [2.45, 2.75) is 19.0 Å². The van der Waals surface area contributed by atoms with E-state index in [1.54, 1.807) is 11.3 Å². The number of furan rings is 1. The first-order valence-corrected chi connectivity index (χ1v) is 8.41. The molecule has 104 valence electrons. The molecule has 2 rings (SSSR count). The molecule has 6 heteroatoms. The van der Waals surface area contributed by atoms with Crippen LogP contribution in [-0.4, -0.2) is 18.5 Å². The molecule has 2 aromatic heterocycles. The lowest BCUT2D eigenvalue weighted by molar-refractivity contribution is 0.170. The third-order valence-corrected chi connectivity index (χ3v) is 6.03. The first-order valence-electron chi connectivity index (χ1n) is 5.94. The van der Waals surface area contributed by atoms with E-state index in [0.717, 1.165) is 10.2 Å². The Morgan fingerprint density at radius 3 is 2.68 bits per heavy atom. The molecule has 2 atom stereocenters. The van der Waals surface area contributed by atoms with Gasteiger partial charge in [0, 0.05) is 17.5 Å². The largest absolute Gasteiger partial charge is 0.451 e. The topological polar surface area (TPSA) is 42.4 Å². The van der Waals surface area contributed by atoms with Crippen molar-refractivity contribution in [2.75, 3.05) is 13.6 Å². The van der Waals surface area contributed by atoms with E-state index in [0.29, 0.717) is 17.3 Å². The van der Waals surface area contributed by atoms with E-state index in [-0.39, 0.29) is 6.04 Å². The number of nitrogens with two attached hydrogens (primary N) is 1. The van der Waals surface area contributed by atoms with Crippen molar-refractivity contribution in [3.05, 3.63) is 43.4 Å². The van der Waals surface area contributed by atoms with E-state index in [2.05, 4.69) is 68.2 Å². The van der Waals surface area contributed by atoms with Crippen LogP contribution in [0, 0.1) is 0 Å². The van der Waals surface area contributed by atoms with Crippen molar-refractivity contribution < 1.29 is 4.42 Å². The molecular weight excluding hydrogens is 392 g/mol. The molecule has 0 fully saturated rings. The van der Waals surface area contributed by atoms with Crippen LogP contribution in [0.5, 0.6) is 0 Å². The van der Waals surface area contributed by atoms with E-state index < -0.39 is 0 Å². The van der Waals surface area contributed by atoms with Crippen LogP contribution in [0.2, 0.25) is 0 Å². The maximum absolute atomic E-state index is 5.93. The van der Waals surface area contributed by atoms with Crippen LogP contribution < -0.4 is 5.73 Å². The van der Waals surface area contributed by atoms with Crippen molar-refractivity contribution in [1.82, 2.24) is 4.90 Å². The number of hydrogen-bond acceptors (Lipinski definition) is 4. The number of nitrogens with zero attached hydrogens (tertiary/aromatic N) is 1. The zero-order valence-corrected chi connectivity index (χ0v) is 14.8. The number of rotatable bonds is 5. The Morgan fingerprint density at radius 1 is 1.47 bits per heavy atom. The van der Waals surface area contributed by atoms with Crippen LogP contribution >= 0.6 is 43.2 Å². The smallest absolute Gasteiger partial charge is 0.183 e. The predicted molar refractivity (Wildman–Crippen MR) is 86.4 cm³/mol. The third kappa shape index (κ3) is 3.31. The molecule has 0 aliphatic rings. The highest BCUT2D eigenvalue weighted by atomic mass is 79.9. The fraction of sp³-hybridized carbons (Fsp3) is 0.385. The summed E-state index contributed by atoms with van der Waals surface area (Å²) < 4.78 is 7.33. The highest BCUT2D eigenvalue weighted by Gasteiger charge is 2.25. The summed E-state index contributed by atoms with van der Waals surface area (Å²) in [4.78, 5) is 3.56. The summed E-state index contributed by atoms with van der Waals surface area (Å²) in [7, 11) is 2.08. The molecule has 0 aromatic carbocycles. The van der Waals surface area contributed by atoms with Crippen LogP contribution in [-0.2, 0) is 0 Å². The Bertz CT molecular complexity index is 507. The second-order valence-corrected chi connectivity index (χ2v) is 6.93. The molecule has 19 heavy (non-hydrogen) atoms. The molecule has 2 heterocycles. The van der Waals surface area contributed by atoms with Gasteiger partial charge in [0.15, 0.2) is 4.67 Å². The summed E-state index contributed by atoms with van der Waals surface area (Å²) in [5.74, 6) is 0.868. The van der Waals surface area contributed by atoms with Gasteiger partial charge in [-0.15, -0.1) is 11.3 Å². The highest BCUT2D eigenvalue weighted by molar-refractivity contribution is 9.13. The number of thiophene rings is 1. The molecule has 3 nitrogen and oxygen atoms in total. The molecule has 0 saturated heterocycles. The Morgan fingerprint density at radius 2 is 2.21 bits per heavy atom. The van der Waals surface area contributed by atoms with Crippen molar-refractivity contribution >= 4 is 43.2 Å². The normalized spacial score (nSPS) is 14.8.